The van der Waals surface area contributed by atoms with Gasteiger partial charge in [0, 0.05) is 18.8 Å². The van der Waals surface area contributed by atoms with Crippen molar-refractivity contribution in [2.45, 2.75) is 25.9 Å². The normalized spacial score (nSPS) is 17.1. The molecule has 1 unspecified atom stereocenters. The van der Waals surface area contributed by atoms with Crippen LogP contribution in [0.1, 0.15) is 24.0 Å². The van der Waals surface area contributed by atoms with Gasteiger partial charge in [-0.3, -0.25) is 9.69 Å². The van der Waals surface area contributed by atoms with Crippen molar-refractivity contribution in [1.29, 1.82) is 0 Å². The van der Waals surface area contributed by atoms with E-state index in [0.29, 0.717) is 12.5 Å². The number of aliphatic imine (C=N–C) groups is 1. The van der Waals surface area contributed by atoms with Crippen molar-refractivity contribution in [1.82, 2.24) is 4.90 Å². The maximum Gasteiger partial charge on any atom is 0.221 e. The second kappa shape index (κ2) is 11.8. The summed E-state index contributed by atoms with van der Waals surface area (Å²) in [6.07, 6.45) is 1.90. The molecule has 0 radical (unpaired) electrons. The molecule has 162 valence electrons. The molecular weight excluding hydrogens is 493 g/mol. The Labute approximate surface area is 194 Å². The lowest BCUT2D eigenvalue weighted by molar-refractivity contribution is -0.123. The highest BCUT2D eigenvalue weighted by atomic mass is 127. The van der Waals surface area contributed by atoms with E-state index in [4.69, 9.17) is 16.2 Å². The number of benzene rings is 2. The molecule has 5 N–H and O–H groups in total. The number of methoxy groups -OCH3 is 1. The Balaban J connectivity index is 0.00000320. The summed E-state index contributed by atoms with van der Waals surface area (Å²) in [4.78, 5) is 18.2. The van der Waals surface area contributed by atoms with E-state index in [-0.39, 0.29) is 35.8 Å². The molecule has 0 saturated carbocycles. The van der Waals surface area contributed by atoms with Crippen LogP contribution in [0.15, 0.2) is 53.5 Å². The average molecular weight is 523 g/mol. The summed E-state index contributed by atoms with van der Waals surface area (Å²) in [6, 6.07) is 15.8. The van der Waals surface area contributed by atoms with Gasteiger partial charge in [-0.2, -0.15) is 0 Å². The summed E-state index contributed by atoms with van der Waals surface area (Å²) in [5.74, 6) is 0.914. The fraction of sp³-hybridized carbons (Fsp3) is 0.364. The molecule has 1 aliphatic heterocycles. The average Bonchev–Trinajstić information content (AvgIpc) is 2.73. The predicted molar refractivity (Wildman–Crippen MR) is 131 cm³/mol. The van der Waals surface area contributed by atoms with Gasteiger partial charge >= 0.3 is 0 Å². The first-order chi connectivity index (χ1) is 14.0. The van der Waals surface area contributed by atoms with Crippen molar-refractivity contribution >= 4 is 41.5 Å². The Morgan fingerprint density at radius 2 is 1.93 bits per heavy atom. The van der Waals surface area contributed by atoms with E-state index in [9.17, 15) is 4.79 Å². The molecule has 0 aromatic heterocycles. The van der Waals surface area contributed by atoms with Crippen LogP contribution >= 0.6 is 24.0 Å². The van der Waals surface area contributed by atoms with Crippen molar-refractivity contribution in [3.8, 4) is 5.75 Å². The summed E-state index contributed by atoms with van der Waals surface area (Å²) in [6.45, 7) is 3.02. The Kier molecular flexibility index (Phi) is 9.38. The third kappa shape index (κ3) is 7.17. The fourth-order valence-electron chi connectivity index (χ4n) is 3.55. The number of halogens is 1. The van der Waals surface area contributed by atoms with Crippen LogP contribution in [0, 0.1) is 5.92 Å². The molecule has 7 nitrogen and oxygen atoms in total. The van der Waals surface area contributed by atoms with Crippen molar-refractivity contribution in [3.05, 3.63) is 59.7 Å². The van der Waals surface area contributed by atoms with Crippen molar-refractivity contribution in [3.63, 3.8) is 0 Å². The molecule has 1 aliphatic rings. The van der Waals surface area contributed by atoms with Gasteiger partial charge in [0.1, 0.15) is 5.75 Å². The standard InChI is InChI=1S/C22H29N5O2.HI/c1-29-20-9-7-19(8-10-20)26-22(24)25-13-16-4-2-5-17(12-16)14-27-11-3-6-18(15-27)21(23)28;/h2,4-5,7-10,12,18H,3,6,11,13-15H2,1H3,(H2,23,28)(H3,24,25,26);1H. The molecule has 30 heavy (non-hydrogen) atoms. The lowest BCUT2D eigenvalue weighted by Crippen LogP contribution is -2.40. The number of carbonyl (C=O) groups excluding carboxylic acids is 1. The van der Waals surface area contributed by atoms with E-state index in [1.54, 1.807) is 7.11 Å². The number of nitrogens with zero attached hydrogens (tertiary/aromatic N) is 2. The Hall–Kier alpha value is -2.33. The zero-order valence-electron chi connectivity index (χ0n) is 17.2. The summed E-state index contributed by atoms with van der Waals surface area (Å²) in [5.41, 5.74) is 14.6. The van der Waals surface area contributed by atoms with E-state index in [1.165, 1.54) is 5.56 Å². The van der Waals surface area contributed by atoms with Crippen LogP contribution in [0.3, 0.4) is 0 Å². The number of guanidine groups is 1. The first-order valence-corrected chi connectivity index (χ1v) is 9.84. The molecule has 0 aliphatic carbocycles. The first kappa shape index (κ1) is 23.9. The van der Waals surface area contributed by atoms with Gasteiger partial charge in [-0.05, 0) is 54.8 Å². The highest BCUT2D eigenvalue weighted by Gasteiger charge is 2.23. The Morgan fingerprint density at radius 1 is 1.20 bits per heavy atom. The van der Waals surface area contributed by atoms with Gasteiger partial charge in [-0.15, -0.1) is 24.0 Å². The Morgan fingerprint density at radius 3 is 2.63 bits per heavy atom. The minimum Gasteiger partial charge on any atom is -0.497 e. The van der Waals surface area contributed by atoms with Crippen LogP contribution in [0.2, 0.25) is 0 Å². The number of amides is 1. The Bertz CT molecular complexity index is 857. The van der Waals surface area contributed by atoms with E-state index < -0.39 is 0 Å². The molecule has 1 amide bonds. The van der Waals surface area contributed by atoms with Crippen LogP contribution < -0.4 is 21.5 Å². The molecule has 0 bridgehead atoms. The first-order valence-electron chi connectivity index (χ1n) is 9.84. The number of carbonyl (C=O) groups is 1. The third-order valence-electron chi connectivity index (χ3n) is 5.10. The minimum atomic E-state index is -0.197. The third-order valence-corrected chi connectivity index (χ3v) is 5.10. The van der Waals surface area contributed by atoms with Gasteiger partial charge in [0.25, 0.3) is 0 Å². The molecule has 1 atom stereocenters. The van der Waals surface area contributed by atoms with Gasteiger partial charge in [-0.1, -0.05) is 24.3 Å². The summed E-state index contributed by atoms with van der Waals surface area (Å²) in [7, 11) is 1.63. The monoisotopic (exact) mass is 523 g/mol. The number of hydrogen-bond donors (Lipinski definition) is 3. The molecule has 0 spiro atoms. The van der Waals surface area contributed by atoms with Crippen molar-refractivity contribution in [2.24, 2.45) is 22.4 Å². The molecule has 3 rings (SSSR count). The van der Waals surface area contributed by atoms with Gasteiger partial charge < -0.3 is 21.5 Å². The molecule has 2 aromatic carbocycles. The molecule has 1 saturated heterocycles. The van der Waals surface area contributed by atoms with Crippen molar-refractivity contribution in [2.75, 3.05) is 25.5 Å². The molecule has 2 aromatic rings. The van der Waals surface area contributed by atoms with Crippen LogP contribution in [-0.4, -0.2) is 37.0 Å². The maximum atomic E-state index is 11.5. The van der Waals surface area contributed by atoms with E-state index in [1.807, 2.05) is 36.4 Å². The fourth-order valence-corrected chi connectivity index (χ4v) is 3.55. The predicted octanol–water partition coefficient (Wildman–Crippen LogP) is 2.94. The number of likely N-dealkylation sites (tertiary alicyclic amines) is 1. The molecular formula is C22H30IN5O2. The zero-order chi connectivity index (χ0) is 20.6. The van der Waals surface area contributed by atoms with Gasteiger partial charge in [0.15, 0.2) is 5.96 Å². The van der Waals surface area contributed by atoms with Gasteiger partial charge in [-0.25, -0.2) is 4.99 Å². The molecule has 8 heteroatoms. The number of hydrogen-bond acceptors (Lipinski definition) is 4. The molecule has 1 fully saturated rings. The lowest BCUT2D eigenvalue weighted by Gasteiger charge is -2.31. The maximum absolute atomic E-state index is 11.5. The van der Waals surface area contributed by atoms with Crippen LogP contribution in [0.4, 0.5) is 5.69 Å². The van der Waals surface area contributed by atoms with Crippen LogP contribution in [0.25, 0.3) is 0 Å². The van der Waals surface area contributed by atoms with E-state index in [0.717, 1.165) is 49.5 Å². The number of piperidine rings is 1. The topological polar surface area (TPSA) is 106 Å². The zero-order valence-corrected chi connectivity index (χ0v) is 19.5. The highest BCUT2D eigenvalue weighted by molar-refractivity contribution is 14.0. The van der Waals surface area contributed by atoms with Crippen molar-refractivity contribution < 1.29 is 9.53 Å². The quantitative estimate of drug-likeness (QED) is 0.294. The summed E-state index contributed by atoms with van der Waals surface area (Å²) in [5, 5.41) is 3.08. The number of ether oxygens (including phenoxy) is 1. The largest absolute Gasteiger partial charge is 0.497 e. The van der Waals surface area contributed by atoms with Crippen LogP contribution in [0.5, 0.6) is 5.75 Å². The van der Waals surface area contributed by atoms with Crippen LogP contribution in [-0.2, 0) is 17.9 Å². The van der Waals surface area contributed by atoms with E-state index in [2.05, 4.69) is 27.3 Å². The second-order valence-electron chi connectivity index (χ2n) is 7.35. The summed E-state index contributed by atoms with van der Waals surface area (Å²) < 4.78 is 5.15. The number of nitrogens with one attached hydrogen (secondary N) is 1. The van der Waals surface area contributed by atoms with Gasteiger partial charge in [0.05, 0.1) is 19.6 Å². The number of nitrogens with two attached hydrogens (primary N) is 2. The smallest absolute Gasteiger partial charge is 0.221 e. The van der Waals surface area contributed by atoms with E-state index >= 15 is 0 Å². The number of rotatable bonds is 7. The minimum absolute atomic E-state index is 0. The molecule has 1 heterocycles. The van der Waals surface area contributed by atoms with Gasteiger partial charge in [0.2, 0.25) is 5.91 Å². The second-order valence-corrected chi connectivity index (χ2v) is 7.35. The number of anilines is 1. The highest BCUT2D eigenvalue weighted by Crippen LogP contribution is 2.19. The lowest BCUT2D eigenvalue weighted by atomic mass is 9.97. The number of primary amides is 1. The SMILES string of the molecule is COc1ccc(NC(N)=NCc2cccc(CN3CCCC(C(N)=O)C3)c2)cc1.I. The summed E-state index contributed by atoms with van der Waals surface area (Å²) >= 11 is 0.